The maximum atomic E-state index is 12.0. The largest absolute Gasteiger partial charge is 0.339 e. The summed E-state index contributed by atoms with van der Waals surface area (Å²) >= 11 is 3.39. The molecule has 24 heavy (non-hydrogen) atoms. The molecular weight excluding hydrogens is 370 g/mol. The second-order valence-corrected chi connectivity index (χ2v) is 6.35. The number of hydrogen-bond donors (Lipinski definition) is 1. The number of benzene rings is 2. The lowest BCUT2D eigenvalue weighted by atomic mass is 10.2. The molecule has 1 amide bonds. The summed E-state index contributed by atoms with van der Waals surface area (Å²) in [6, 6.07) is 15.3. The predicted molar refractivity (Wildman–Crippen MR) is 95.6 cm³/mol. The monoisotopic (exact) mass is 385 g/mol. The van der Waals surface area contributed by atoms with Crippen LogP contribution in [-0.4, -0.2) is 16.0 Å². The SMILES string of the molecule is Cc1cccc(NC(=O)CCc2nc(-c3ccc(Br)cc3)no2)c1. The van der Waals surface area contributed by atoms with Crippen molar-refractivity contribution in [3.8, 4) is 11.4 Å². The summed E-state index contributed by atoms with van der Waals surface area (Å²) in [5.74, 6) is 0.896. The normalized spacial score (nSPS) is 10.6. The summed E-state index contributed by atoms with van der Waals surface area (Å²) in [5, 5.41) is 6.82. The minimum Gasteiger partial charge on any atom is -0.339 e. The summed E-state index contributed by atoms with van der Waals surface area (Å²) in [7, 11) is 0. The van der Waals surface area contributed by atoms with E-state index in [2.05, 4.69) is 31.4 Å². The molecule has 122 valence electrons. The Kier molecular flexibility index (Phi) is 5.05. The molecule has 0 unspecified atom stereocenters. The molecule has 0 aliphatic heterocycles. The molecule has 0 radical (unpaired) electrons. The van der Waals surface area contributed by atoms with Gasteiger partial charge in [-0.1, -0.05) is 33.2 Å². The number of halogens is 1. The van der Waals surface area contributed by atoms with Gasteiger partial charge in [0.05, 0.1) is 0 Å². The summed E-state index contributed by atoms with van der Waals surface area (Å²) in [5.41, 5.74) is 2.77. The van der Waals surface area contributed by atoms with Crippen LogP contribution in [0.25, 0.3) is 11.4 Å². The molecule has 0 atom stereocenters. The molecule has 5 nitrogen and oxygen atoms in total. The maximum Gasteiger partial charge on any atom is 0.227 e. The second-order valence-electron chi connectivity index (χ2n) is 5.44. The van der Waals surface area contributed by atoms with Crippen LogP contribution >= 0.6 is 15.9 Å². The topological polar surface area (TPSA) is 68.0 Å². The van der Waals surface area contributed by atoms with E-state index in [-0.39, 0.29) is 12.3 Å². The molecule has 0 aliphatic rings. The molecule has 0 saturated heterocycles. The number of aryl methyl sites for hydroxylation is 2. The highest BCUT2D eigenvalue weighted by atomic mass is 79.9. The van der Waals surface area contributed by atoms with E-state index in [4.69, 9.17) is 4.52 Å². The van der Waals surface area contributed by atoms with Gasteiger partial charge in [-0.05, 0) is 48.9 Å². The van der Waals surface area contributed by atoms with Crippen molar-refractivity contribution in [2.45, 2.75) is 19.8 Å². The molecule has 6 heteroatoms. The van der Waals surface area contributed by atoms with Crippen LogP contribution in [0.1, 0.15) is 17.9 Å². The molecule has 1 N–H and O–H groups in total. The first-order chi connectivity index (χ1) is 11.6. The second kappa shape index (κ2) is 7.40. The Morgan fingerprint density at radius 3 is 2.75 bits per heavy atom. The van der Waals surface area contributed by atoms with E-state index in [0.717, 1.165) is 21.3 Å². The number of carbonyl (C=O) groups is 1. The lowest BCUT2D eigenvalue weighted by molar-refractivity contribution is -0.116. The molecule has 2 aromatic carbocycles. The minimum atomic E-state index is -0.0796. The molecular formula is C18H16BrN3O2. The van der Waals surface area contributed by atoms with Gasteiger partial charge in [0.2, 0.25) is 17.6 Å². The van der Waals surface area contributed by atoms with E-state index >= 15 is 0 Å². The van der Waals surface area contributed by atoms with Crippen LogP contribution in [0.2, 0.25) is 0 Å². The molecule has 3 rings (SSSR count). The first-order valence-corrected chi connectivity index (χ1v) is 8.34. The Morgan fingerprint density at radius 2 is 2.00 bits per heavy atom. The fourth-order valence-corrected chi connectivity index (χ4v) is 2.50. The van der Waals surface area contributed by atoms with E-state index in [0.29, 0.717) is 18.1 Å². The molecule has 0 bridgehead atoms. The lowest BCUT2D eigenvalue weighted by Crippen LogP contribution is -2.12. The van der Waals surface area contributed by atoms with Crippen molar-refractivity contribution in [1.82, 2.24) is 10.1 Å². The Labute approximate surface area is 148 Å². The van der Waals surface area contributed by atoms with E-state index in [1.165, 1.54) is 0 Å². The molecule has 1 aromatic heterocycles. The van der Waals surface area contributed by atoms with Crippen molar-refractivity contribution in [3.63, 3.8) is 0 Å². The zero-order valence-electron chi connectivity index (χ0n) is 13.1. The van der Waals surface area contributed by atoms with Gasteiger partial charge < -0.3 is 9.84 Å². The summed E-state index contributed by atoms with van der Waals surface area (Å²) in [4.78, 5) is 16.3. The third kappa shape index (κ3) is 4.29. The van der Waals surface area contributed by atoms with Crippen LogP contribution in [0, 0.1) is 6.92 Å². The van der Waals surface area contributed by atoms with E-state index in [1.807, 2.05) is 55.5 Å². The van der Waals surface area contributed by atoms with Gasteiger partial charge in [-0.3, -0.25) is 4.79 Å². The lowest BCUT2D eigenvalue weighted by Gasteiger charge is -2.04. The van der Waals surface area contributed by atoms with Crippen LogP contribution in [0.3, 0.4) is 0 Å². The summed E-state index contributed by atoms with van der Waals surface area (Å²) < 4.78 is 6.20. The van der Waals surface area contributed by atoms with Gasteiger partial charge in [0.1, 0.15) is 0 Å². The van der Waals surface area contributed by atoms with Gasteiger partial charge in [-0.25, -0.2) is 0 Å². The van der Waals surface area contributed by atoms with Crippen molar-refractivity contribution in [1.29, 1.82) is 0 Å². The van der Waals surface area contributed by atoms with E-state index in [1.54, 1.807) is 0 Å². The van der Waals surface area contributed by atoms with Crippen molar-refractivity contribution >= 4 is 27.5 Å². The fraction of sp³-hybridized carbons (Fsp3) is 0.167. The highest BCUT2D eigenvalue weighted by Gasteiger charge is 2.11. The number of rotatable bonds is 5. The van der Waals surface area contributed by atoms with Crippen molar-refractivity contribution in [2.24, 2.45) is 0 Å². The fourth-order valence-electron chi connectivity index (χ4n) is 2.24. The Bertz CT molecular complexity index is 843. The molecule has 3 aromatic rings. The first-order valence-electron chi connectivity index (χ1n) is 7.55. The molecule has 0 fully saturated rings. The highest BCUT2D eigenvalue weighted by Crippen LogP contribution is 2.19. The summed E-state index contributed by atoms with van der Waals surface area (Å²) in [6.45, 7) is 1.98. The Hall–Kier alpha value is -2.47. The summed E-state index contributed by atoms with van der Waals surface area (Å²) in [6.07, 6.45) is 0.692. The molecule has 0 aliphatic carbocycles. The third-order valence-electron chi connectivity index (χ3n) is 3.44. The van der Waals surface area contributed by atoms with Crippen LogP contribution in [0.4, 0.5) is 5.69 Å². The van der Waals surface area contributed by atoms with Gasteiger partial charge in [-0.2, -0.15) is 4.98 Å². The van der Waals surface area contributed by atoms with Gasteiger partial charge in [0.15, 0.2) is 0 Å². The Morgan fingerprint density at radius 1 is 1.21 bits per heavy atom. The Balaban J connectivity index is 1.57. The molecule has 0 spiro atoms. The van der Waals surface area contributed by atoms with Crippen LogP contribution < -0.4 is 5.32 Å². The zero-order chi connectivity index (χ0) is 16.9. The third-order valence-corrected chi connectivity index (χ3v) is 3.97. The molecule has 0 saturated carbocycles. The van der Waals surface area contributed by atoms with Crippen molar-refractivity contribution in [2.75, 3.05) is 5.32 Å². The van der Waals surface area contributed by atoms with E-state index in [9.17, 15) is 4.79 Å². The van der Waals surface area contributed by atoms with Gasteiger partial charge in [-0.15, -0.1) is 0 Å². The maximum absolute atomic E-state index is 12.0. The first kappa shape index (κ1) is 16.4. The number of carbonyl (C=O) groups excluding carboxylic acids is 1. The quantitative estimate of drug-likeness (QED) is 0.707. The van der Waals surface area contributed by atoms with Gasteiger partial charge in [0.25, 0.3) is 0 Å². The van der Waals surface area contributed by atoms with Crippen LogP contribution in [0.5, 0.6) is 0 Å². The number of nitrogens with one attached hydrogen (secondary N) is 1. The molecule has 1 heterocycles. The zero-order valence-corrected chi connectivity index (χ0v) is 14.7. The van der Waals surface area contributed by atoms with Crippen molar-refractivity contribution < 1.29 is 9.32 Å². The number of anilines is 1. The minimum absolute atomic E-state index is 0.0796. The standard InChI is InChI=1S/C18H16BrN3O2/c1-12-3-2-4-15(11-12)20-16(23)9-10-17-21-18(22-24-17)13-5-7-14(19)8-6-13/h2-8,11H,9-10H2,1H3,(H,20,23). The number of hydrogen-bond acceptors (Lipinski definition) is 4. The van der Waals surface area contributed by atoms with Gasteiger partial charge >= 0.3 is 0 Å². The highest BCUT2D eigenvalue weighted by molar-refractivity contribution is 9.10. The van der Waals surface area contributed by atoms with Crippen molar-refractivity contribution in [3.05, 3.63) is 64.5 Å². The van der Waals surface area contributed by atoms with Crippen LogP contribution in [0.15, 0.2) is 57.5 Å². The average molecular weight is 386 g/mol. The van der Waals surface area contributed by atoms with Gasteiger partial charge in [0, 0.05) is 28.6 Å². The van der Waals surface area contributed by atoms with Crippen LogP contribution in [-0.2, 0) is 11.2 Å². The number of aromatic nitrogens is 2. The predicted octanol–water partition coefficient (Wildman–Crippen LogP) is 4.38. The van der Waals surface area contributed by atoms with E-state index < -0.39 is 0 Å². The average Bonchev–Trinajstić information content (AvgIpc) is 3.03. The number of nitrogens with zero attached hydrogens (tertiary/aromatic N) is 2. The smallest absolute Gasteiger partial charge is 0.227 e. The number of amides is 1.